The van der Waals surface area contributed by atoms with E-state index in [2.05, 4.69) is 93.5 Å². The van der Waals surface area contributed by atoms with Crippen molar-refractivity contribution in [2.24, 2.45) is 7.05 Å². The largest absolute Gasteiger partial charge is 0.367 e. The minimum absolute atomic E-state index is 0.506. The lowest BCUT2D eigenvalue weighted by Crippen LogP contribution is -2.36. The molecule has 0 aliphatic heterocycles. The number of rotatable bonds is 5. The highest BCUT2D eigenvalue weighted by Crippen LogP contribution is 2.21. The summed E-state index contributed by atoms with van der Waals surface area (Å²) in [6.45, 7) is 8.96. The summed E-state index contributed by atoms with van der Waals surface area (Å²) in [5.74, 6) is 0. The van der Waals surface area contributed by atoms with Crippen LogP contribution in [0.3, 0.4) is 0 Å². The summed E-state index contributed by atoms with van der Waals surface area (Å²) in [6, 6.07) is 14.0. The van der Waals surface area contributed by atoms with Gasteiger partial charge in [0.2, 0.25) is 0 Å². The van der Waals surface area contributed by atoms with Crippen LogP contribution in [0.5, 0.6) is 0 Å². The maximum absolute atomic E-state index is 2.44. The molecule has 0 amide bonds. The Labute approximate surface area is 134 Å². The minimum atomic E-state index is 0.506. The summed E-state index contributed by atoms with van der Waals surface area (Å²) in [4.78, 5) is 2.44. The fourth-order valence-electron chi connectivity index (χ4n) is 2.77. The van der Waals surface area contributed by atoms with Gasteiger partial charge < -0.3 is 4.90 Å². The first-order valence-electron chi connectivity index (χ1n) is 7.99. The van der Waals surface area contributed by atoms with Crippen LogP contribution in [-0.2, 0) is 7.05 Å². The van der Waals surface area contributed by atoms with Gasteiger partial charge in [-0.3, -0.25) is 0 Å². The summed E-state index contributed by atoms with van der Waals surface area (Å²) in [5, 5.41) is 0. The number of pyridine rings is 1. The Bertz CT molecular complexity index is 599. The number of anilines is 1. The third-order valence-electron chi connectivity index (χ3n) is 3.78. The van der Waals surface area contributed by atoms with Crippen molar-refractivity contribution < 1.29 is 4.57 Å². The first-order chi connectivity index (χ1) is 10.5. The zero-order valence-corrected chi connectivity index (χ0v) is 14.3. The summed E-state index contributed by atoms with van der Waals surface area (Å²) in [5.41, 5.74) is 3.73. The molecule has 0 saturated carbocycles. The molecule has 0 aliphatic carbocycles. The molecule has 0 saturated heterocycles. The molecule has 0 unspecified atom stereocenters. The molecule has 22 heavy (non-hydrogen) atoms. The van der Waals surface area contributed by atoms with E-state index in [0.29, 0.717) is 12.1 Å². The maximum atomic E-state index is 2.44. The fraction of sp³-hybridized carbons (Fsp3) is 0.350. The number of hydrogen-bond acceptors (Lipinski definition) is 1. The standard InChI is InChI=1S/C20H27N2/c1-16(2)22(17(3)4)20-10-8-18(9-11-20)6-7-19-12-14-21(5)15-13-19/h6-17H,1-5H3/q+1. The monoisotopic (exact) mass is 295 g/mol. The van der Waals surface area contributed by atoms with E-state index in [1.807, 2.05) is 11.6 Å². The third-order valence-corrected chi connectivity index (χ3v) is 3.78. The van der Waals surface area contributed by atoms with Crippen molar-refractivity contribution >= 4 is 17.8 Å². The molecule has 0 spiro atoms. The average molecular weight is 295 g/mol. The van der Waals surface area contributed by atoms with Crippen LogP contribution in [0.15, 0.2) is 48.8 Å². The van der Waals surface area contributed by atoms with Gasteiger partial charge in [-0.2, -0.15) is 0 Å². The number of nitrogens with zero attached hydrogens (tertiary/aromatic N) is 2. The highest BCUT2D eigenvalue weighted by Gasteiger charge is 2.13. The Morgan fingerprint density at radius 1 is 0.773 bits per heavy atom. The van der Waals surface area contributed by atoms with E-state index in [-0.39, 0.29) is 0 Å². The van der Waals surface area contributed by atoms with Crippen molar-refractivity contribution in [3.63, 3.8) is 0 Å². The summed E-state index contributed by atoms with van der Waals surface area (Å²) >= 11 is 0. The topological polar surface area (TPSA) is 7.12 Å². The van der Waals surface area contributed by atoms with Gasteiger partial charge in [0.05, 0.1) is 0 Å². The molecule has 2 rings (SSSR count). The van der Waals surface area contributed by atoms with E-state index in [1.165, 1.54) is 16.8 Å². The van der Waals surface area contributed by atoms with Gasteiger partial charge in [-0.1, -0.05) is 24.3 Å². The lowest BCUT2D eigenvalue weighted by atomic mass is 10.1. The maximum Gasteiger partial charge on any atom is 0.169 e. The van der Waals surface area contributed by atoms with Gasteiger partial charge in [0, 0.05) is 29.9 Å². The van der Waals surface area contributed by atoms with E-state index in [0.717, 1.165) is 0 Å². The first-order valence-corrected chi connectivity index (χ1v) is 7.99. The molecule has 2 aromatic rings. The van der Waals surface area contributed by atoms with Crippen LogP contribution in [0, 0.1) is 0 Å². The normalized spacial score (nSPS) is 11.6. The fourth-order valence-corrected chi connectivity index (χ4v) is 2.77. The zero-order valence-electron chi connectivity index (χ0n) is 14.3. The van der Waals surface area contributed by atoms with Crippen LogP contribution in [0.2, 0.25) is 0 Å². The van der Waals surface area contributed by atoms with E-state index in [1.54, 1.807) is 0 Å². The molecule has 1 aromatic carbocycles. The number of aryl methyl sites for hydroxylation is 1. The van der Waals surface area contributed by atoms with Crippen LogP contribution < -0.4 is 9.47 Å². The highest BCUT2D eigenvalue weighted by molar-refractivity contribution is 5.70. The van der Waals surface area contributed by atoms with Crippen LogP contribution in [-0.4, -0.2) is 12.1 Å². The Morgan fingerprint density at radius 3 is 1.68 bits per heavy atom. The Kier molecular flexibility index (Phi) is 5.37. The van der Waals surface area contributed by atoms with Crippen LogP contribution in [0.4, 0.5) is 5.69 Å². The van der Waals surface area contributed by atoms with Gasteiger partial charge in [0.15, 0.2) is 12.4 Å². The number of benzene rings is 1. The summed E-state index contributed by atoms with van der Waals surface area (Å²) < 4.78 is 2.04. The van der Waals surface area contributed by atoms with Crippen LogP contribution in [0.1, 0.15) is 38.8 Å². The molecule has 0 bridgehead atoms. The third kappa shape index (κ3) is 4.20. The molecule has 1 heterocycles. The quantitative estimate of drug-likeness (QED) is 0.746. The molecular formula is C20H27N2+. The summed E-state index contributed by atoms with van der Waals surface area (Å²) in [6.07, 6.45) is 8.43. The van der Waals surface area contributed by atoms with Crippen LogP contribution >= 0.6 is 0 Å². The molecule has 0 aliphatic rings. The van der Waals surface area contributed by atoms with Crippen molar-refractivity contribution in [3.05, 3.63) is 59.9 Å². The van der Waals surface area contributed by atoms with Gasteiger partial charge in [0.1, 0.15) is 7.05 Å². The van der Waals surface area contributed by atoms with E-state index >= 15 is 0 Å². The molecule has 0 N–H and O–H groups in total. The predicted octanol–water partition coefficient (Wildman–Crippen LogP) is 4.30. The van der Waals surface area contributed by atoms with Crippen molar-refractivity contribution in [2.75, 3.05) is 4.90 Å². The lowest BCUT2D eigenvalue weighted by molar-refractivity contribution is -0.671. The SMILES string of the molecule is CC(C)N(c1ccc(/C=C/c2cc[n+](C)cc2)cc1)C(C)C. The average Bonchev–Trinajstić information content (AvgIpc) is 2.47. The van der Waals surface area contributed by atoms with Crippen molar-refractivity contribution in [1.82, 2.24) is 0 Å². The van der Waals surface area contributed by atoms with E-state index in [9.17, 15) is 0 Å². The Balaban J connectivity index is 2.13. The lowest BCUT2D eigenvalue weighted by Gasteiger charge is -2.33. The molecule has 0 radical (unpaired) electrons. The molecular weight excluding hydrogens is 268 g/mol. The van der Waals surface area contributed by atoms with Gasteiger partial charge >= 0.3 is 0 Å². The predicted molar refractivity (Wildman–Crippen MR) is 95.7 cm³/mol. The number of aromatic nitrogens is 1. The van der Waals surface area contributed by atoms with Crippen LogP contribution in [0.25, 0.3) is 12.2 Å². The molecule has 1 aromatic heterocycles. The molecule has 0 atom stereocenters. The second-order valence-electron chi connectivity index (χ2n) is 6.32. The van der Waals surface area contributed by atoms with Gasteiger partial charge in [-0.25, -0.2) is 4.57 Å². The molecule has 2 heteroatoms. The molecule has 116 valence electrons. The van der Waals surface area contributed by atoms with Gasteiger partial charge in [-0.05, 0) is 51.0 Å². The Morgan fingerprint density at radius 2 is 1.23 bits per heavy atom. The van der Waals surface area contributed by atoms with E-state index in [4.69, 9.17) is 0 Å². The van der Waals surface area contributed by atoms with Gasteiger partial charge in [0.25, 0.3) is 0 Å². The minimum Gasteiger partial charge on any atom is -0.367 e. The second kappa shape index (κ2) is 7.26. The second-order valence-corrected chi connectivity index (χ2v) is 6.32. The highest BCUT2D eigenvalue weighted by atomic mass is 15.2. The van der Waals surface area contributed by atoms with E-state index < -0.39 is 0 Å². The van der Waals surface area contributed by atoms with Crippen molar-refractivity contribution in [3.8, 4) is 0 Å². The van der Waals surface area contributed by atoms with Gasteiger partial charge in [-0.15, -0.1) is 0 Å². The zero-order chi connectivity index (χ0) is 16.1. The van der Waals surface area contributed by atoms with Crippen molar-refractivity contribution in [1.29, 1.82) is 0 Å². The van der Waals surface area contributed by atoms with Crippen molar-refractivity contribution in [2.45, 2.75) is 39.8 Å². The number of hydrogen-bond donors (Lipinski definition) is 0. The first kappa shape index (κ1) is 16.3. The Hall–Kier alpha value is -2.09. The molecule has 2 nitrogen and oxygen atoms in total. The smallest absolute Gasteiger partial charge is 0.169 e. The summed E-state index contributed by atoms with van der Waals surface area (Å²) in [7, 11) is 2.03. The molecule has 0 fully saturated rings.